The van der Waals surface area contributed by atoms with Crippen molar-refractivity contribution < 1.29 is 18.0 Å². The number of carbonyl (C=O) groups is 1. The molecule has 30 heavy (non-hydrogen) atoms. The molecule has 0 aliphatic rings. The van der Waals surface area contributed by atoms with E-state index >= 15 is 0 Å². The number of thioether (sulfide) groups is 1. The first-order valence-corrected chi connectivity index (χ1v) is 10.3. The average Bonchev–Trinajstić information content (AvgIpc) is 3.15. The van der Waals surface area contributed by atoms with E-state index < -0.39 is 11.9 Å². The number of alkyl halides is 3. The molecule has 1 N–H and O–H groups in total. The molecule has 0 radical (unpaired) electrons. The van der Waals surface area contributed by atoms with Crippen LogP contribution in [-0.2, 0) is 23.9 Å². The molecule has 1 aromatic carbocycles. The van der Waals surface area contributed by atoms with Gasteiger partial charge in [0.15, 0.2) is 11.0 Å². The van der Waals surface area contributed by atoms with Crippen molar-refractivity contribution in [3.8, 4) is 11.4 Å². The lowest BCUT2D eigenvalue weighted by atomic mass is 10.1. The van der Waals surface area contributed by atoms with E-state index in [9.17, 15) is 18.0 Å². The highest BCUT2D eigenvalue weighted by Crippen LogP contribution is 2.29. The van der Waals surface area contributed by atoms with Crippen LogP contribution in [0.2, 0.25) is 0 Å². The zero-order valence-electron chi connectivity index (χ0n) is 16.4. The van der Waals surface area contributed by atoms with Gasteiger partial charge in [0.25, 0.3) is 0 Å². The van der Waals surface area contributed by atoms with E-state index in [0.29, 0.717) is 28.8 Å². The number of pyridine rings is 1. The first-order chi connectivity index (χ1) is 14.3. The Bertz CT molecular complexity index is 1000. The molecule has 10 heteroatoms. The number of nitrogens with zero attached hydrogens (tertiary/aromatic N) is 4. The minimum atomic E-state index is -4.50. The molecule has 0 bridgehead atoms. The summed E-state index contributed by atoms with van der Waals surface area (Å²) in [5.74, 6) is 0.336. The van der Waals surface area contributed by atoms with Gasteiger partial charge in [0.1, 0.15) is 5.69 Å². The van der Waals surface area contributed by atoms with Crippen molar-refractivity contribution in [1.29, 1.82) is 0 Å². The van der Waals surface area contributed by atoms with Crippen LogP contribution >= 0.6 is 11.8 Å². The topological polar surface area (TPSA) is 72.7 Å². The number of carbonyl (C=O) groups excluding carboxylic acids is 1. The molecule has 3 aromatic rings. The fourth-order valence-electron chi connectivity index (χ4n) is 2.74. The van der Waals surface area contributed by atoms with Gasteiger partial charge in [-0.2, -0.15) is 13.2 Å². The third-order valence-electron chi connectivity index (χ3n) is 4.32. The molecule has 0 saturated heterocycles. The fraction of sp³-hybridized carbons (Fsp3) is 0.300. The predicted molar refractivity (Wildman–Crippen MR) is 109 cm³/mol. The summed E-state index contributed by atoms with van der Waals surface area (Å²) < 4.78 is 39.8. The Morgan fingerprint density at radius 2 is 1.83 bits per heavy atom. The lowest BCUT2D eigenvalue weighted by Crippen LogP contribution is -2.14. The molecular weight excluding hydrogens is 415 g/mol. The molecule has 3 rings (SSSR count). The quantitative estimate of drug-likeness (QED) is 0.546. The normalized spacial score (nSPS) is 11.5. The third-order valence-corrected chi connectivity index (χ3v) is 5.29. The number of anilines is 1. The smallest absolute Gasteiger partial charge is 0.325 e. The maximum Gasteiger partial charge on any atom is 0.433 e. The van der Waals surface area contributed by atoms with Crippen LogP contribution in [0.25, 0.3) is 11.4 Å². The monoisotopic (exact) mass is 435 g/mol. The molecule has 0 aliphatic carbocycles. The molecule has 0 fully saturated rings. The summed E-state index contributed by atoms with van der Waals surface area (Å²) in [7, 11) is 0. The summed E-state index contributed by atoms with van der Waals surface area (Å²) in [4.78, 5) is 15.7. The second-order valence-electron chi connectivity index (χ2n) is 6.37. The summed E-state index contributed by atoms with van der Waals surface area (Å²) in [6.07, 6.45) is -2.45. The number of hydrogen-bond donors (Lipinski definition) is 1. The minimum Gasteiger partial charge on any atom is -0.325 e. The first kappa shape index (κ1) is 21.8. The van der Waals surface area contributed by atoms with Gasteiger partial charge >= 0.3 is 6.18 Å². The number of halogens is 3. The Labute approximate surface area is 175 Å². The molecule has 158 valence electrons. The molecule has 2 aromatic heterocycles. The maximum atomic E-state index is 12.7. The minimum absolute atomic E-state index is 0.124. The van der Waals surface area contributed by atoms with Gasteiger partial charge in [-0.1, -0.05) is 30.8 Å². The van der Waals surface area contributed by atoms with E-state index in [0.717, 1.165) is 18.7 Å². The first-order valence-electron chi connectivity index (χ1n) is 9.30. The molecule has 1 amide bonds. The Balaban J connectivity index is 1.67. The highest BCUT2D eigenvalue weighted by molar-refractivity contribution is 7.99. The van der Waals surface area contributed by atoms with Crippen LogP contribution < -0.4 is 5.32 Å². The number of aryl methyl sites for hydroxylation is 1. The van der Waals surface area contributed by atoms with E-state index in [1.165, 1.54) is 23.4 Å². The van der Waals surface area contributed by atoms with Crippen LogP contribution in [0, 0.1) is 0 Å². The molecule has 0 unspecified atom stereocenters. The largest absolute Gasteiger partial charge is 0.433 e. The van der Waals surface area contributed by atoms with Crippen molar-refractivity contribution in [1.82, 2.24) is 19.7 Å². The van der Waals surface area contributed by atoms with Crippen LogP contribution in [0.4, 0.5) is 18.9 Å². The van der Waals surface area contributed by atoms with Crippen molar-refractivity contribution in [2.75, 3.05) is 11.1 Å². The Morgan fingerprint density at radius 1 is 1.10 bits per heavy atom. The number of aromatic nitrogens is 4. The van der Waals surface area contributed by atoms with Gasteiger partial charge in [0.2, 0.25) is 5.91 Å². The Morgan fingerprint density at radius 3 is 2.40 bits per heavy atom. The summed E-state index contributed by atoms with van der Waals surface area (Å²) in [6.45, 7) is 4.42. The van der Waals surface area contributed by atoms with Crippen molar-refractivity contribution in [2.24, 2.45) is 0 Å². The summed E-state index contributed by atoms with van der Waals surface area (Å²) in [6, 6.07) is 9.85. The van der Waals surface area contributed by atoms with E-state index in [2.05, 4.69) is 27.4 Å². The van der Waals surface area contributed by atoms with E-state index in [1.807, 2.05) is 31.2 Å². The molecule has 2 heterocycles. The van der Waals surface area contributed by atoms with Gasteiger partial charge in [0, 0.05) is 24.0 Å². The second kappa shape index (κ2) is 9.29. The van der Waals surface area contributed by atoms with Gasteiger partial charge in [-0.3, -0.25) is 9.78 Å². The maximum absolute atomic E-state index is 12.7. The van der Waals surface area contributed by atoms with Crippen LogP contribution in [-0.4, -0.2) is 31.4 Å². The van der Waals surface area contributed by atoms with Gasteiger partial charge < -0.3 is 9.88 Å². The van der Waals surface area contributed by atoms with Crippen LogP contribution in [0.5, 0.6) is 0 Å². The van der Waals surface area contributed by atoms with Gasteiger partial charge in [-0.15, -0.1) is 10.2 Å². The van der Waals surface area contributed by atoms with Crippen molar-refractivity contribution >= 4 is 23.4 Å². The number of rotatable bonds is 7. The van der Waals surface area contributed by atoms with E-state index in [-0.39, 0.29) is 11.7 Å². The standard InChI is InChI=1S/C20H20F3N5OS/c1-3-13-5-8-15(9-6-13)25-17(29)12-30-19-27-26-18(28(19)4-2)14-7-10-16(24-11-14)20(21,22)23/h5-11H,3-4,12H2,1-2H3,(H,25,29). The lowest BCUT2D eigenvalue weighted by molar-refractivity contribution is -0.141. The molecule has 0 spiro atoms. The number of nitrogens with one attached hydrogen (secondary N) is 1. The Hall–Kier alpha value is -2.88. The predicted octanol–water partition coefficient (Wildman–Crippen LogP) is 4.67. The highest BCUT2D eigenvalue weighted by atomic mass is 32.2. The molecule has 0 saturated carbocycles. The fourth-order valence-corrected chi connectivity index (χ4v) is 3.54. The molecular formula is C20H20F3N5OS. The van der Waals surface area contributed by atoms with E-state index in [4.69, 9.17) is 0 Å². The highest BCUT2D eigenvalue weighted by Gasteiger charge is 2.32. The average molecular weight is 435 g/mol. The molecule has 6 nitrogen and oxygen atoms in total. The van der Waals surface area contributed by atoms with Crippen molar-refractivity contribution in [2.45, 2.75) is 38.1 Å². The van der Waals surface area contributed by atoms with Crippen LogP contribution in [0.15, 0.2) is 47.8 Å². The summed E-state index contributed by atoms with van der Waals surface area (Å²) >= 11 is 1.21. The summed E-state index contributed by atoms with van der Waals surface area (Å²) in [5, 5.41) is 11.5. The molecule has 0 aliphatic heterocycles. The van der Waals surface area contributed by atoms with Gasteiger partial charge in [-0.25, -0.2) is 0 Å². The van der Waals surface area contributed by atoms with Crippen LogP contribution in [0.3, 0.4) is 0 Å². The lowest BCUT2D eigenvalue weighted by Gasteiger charge is -2.09. The zero-order chi connectivity index (χ0) is 21.7. The van der Waals surface area contributed by atoms with Gasteiger partial charge in [0.05, 0.1) is 5.75 Å². The summed E-state index contributed by atoms with van der Waals surface area (Å²) in [5.41, 5.74) is 1.35. The van der Waals surface area contributed by atoms with Crippen LogP contribution in [0.1, 0.15) is 25.1 Å². The number of benzene rings is 1. The van der Waals surface area contributed by atoms with E-state index in [1.54, 1.807) is 4.57 Å². The van der Waals surface area contributed by atoms with Crippen molar-refractivity contribution in [3.63, 3.8) is 0 Å². The third kappa shape index (κ3) is 5.18. The number of amides is 1. The number of hydrogen-bond acceptors (Lipinski definition) is 5. The Kier molecular flexibility index (Phi) is 6.76. The van der Waals surface area contributed by atoms with Gasteiger partial charge in [-0.05, 0) is 43.2 Å². The zero-order valence-corrected chi connectivity index (χ0v) is 17.2. The SMILES string of the molecule is CCc1ccc(NC(=O)CSc2nnc(-c3ccc(C(F)(F)F)nc3)n2CC)cc1. The second-order valence-corrected chi connectivity index (χ2v) is 7.31. The van der Waals surface area contributed by atoms with Crippen molar-refractivity contribution in [3.05, 3.63) is 53.9 Å². The molecule has 0 atom stereocenters.